The minimum absolute atomic E-state index is 0.119. The Labute approximate surface area is 184 Å². The number of allylic oxidation sites excluding steroid dienone is 4. The summed E-state index contributed by atoms with van der Waals surface area (Å²) in [6.07, 6.45) is 6.58. The Hall–Kier alpha value is -2.89. The van der Waals surface area contributed by atoms with E-state index < -0.39 is 28.0 Å². The molecule has 0 aliphatic carbocycles. The van der Waals surface area contributed by atoms with Crippen LogP contribution in [0.1, 0.15) is 6.42 Å². The van der Waals surface area contributed by atoms with Gasteiger partial charge in [-0.05, 0) is 30.7 Å². The summed E-state index contributed by atoms with van der Waals surface area (Å²) in [6, 6.07) is 6.97. The van der Waals surface area contributed by atoms with Crippen molar-refractivity contribution in [3.8, 4) is 0 Å². The lowest BCUT2D eigenvalue weighted by molar-refractivity contribution is -0.134. The van der Waals surface area contributed by atoms with Gasteiger partial charge in [-0.25, -0.2) is 4.79 Å². The molecule has 1 fully saturated rings. The SMILES string of the molecule is CN1C(=O)C(=C/C=C/C=C2\Sc3ccccc3N2CCCS(=O)(=O)O)C(=O)N(C)C1=O. The maximum absolute atomic E-state index is 12.2. The zero-order valence-corrected chi connectivity index (χ0v) is 18.5. The predicted octanol–water partition coefficient (Wildman–Crippen LogP) is 2.25. The van der Waals surface area contributed by atoms with Crippen molar-refractivity contribution in [3.63, 3.8) is 0 Å². The van der Waals surface area contributed by atoms with Gasteiger partial charge in [0.25, 0.3) is 21.9 Å². The Balaban J connectivity index is 1.79. The third-order valence-corrected chi connectivity index (χ3v) is 6.61. The zero-order chi connectivity index (χ0) is 22.8. The number of para-hydroxylation sites is 1. The molecule has 11 heteroatoms. The number of rotatable bonds is 6. The van der Waals surface area contributed by atoms with Gasteiger partial charge in [0.1, 0.15) is 5.57 Å². The van der Waals surface area contributed by atoms with Crippen LogP contribution in [0.2, 0.25) is 0 Å². The first-order valence-electron chi connectivity index (χ1n) is 9.28. The smallest absolute Gasteiger partial charge is 0.333 e. The zero-order valence-electron chi connectivity index (χ0n) is 16.9. The van der Waals surface area contributed by atoms with Crippen LogP contribution in [0.4, 0.5) is 10.5 Å². The number of fused-ring (bicyclic) bond motifs is 1. The van der Waals surface area contributed by atoms with Gasteiger partial charge >= 0.3 is 6.03 Å². The van der Waals surface area contributed by atoms with E-state index in [1.807, 2.05) is 29.2 Å². The van der Waals surface area contributed by atoms with Gasteiger partial charge in [-0.3, -0.25) is 23.9 Å². The highest BCUT2D eigenvalue weighted by atomic mass is 32.2. The summed E-state index contributed by atoms with van der Waals surface area (Å²) in [7, 11) is -1.42. The number of benzene rings is 1. The number of nitrogens with zero attached hydrogens (tertiary/aromatic N) is 3. The van der Waals surface area contributed by atoms with Crippen LogP contribution in [-0.2, 0) is 19.7 Å². The molecule has 9 nitrogen and oxygen atoms in total. The largest absolute Gasteiger partial charge is 0.335 e. The highest BCUT2D eigenvalue weighted by molar-refractivity contribution is 8.03. The van der Waals surface area contributed by atoms with Gasteiger partial charge in [0, 0.05) is 25.5 Å². The van der Waals surface area contributed by atoms with E-state index in [9.17, 15) is 22.8 Å². The van der Waals surface area contributed by atoms with Crippen LogP contribution in [0.3, 0.4) is 0 Å². The maximum Gasteiger partial charge on any atom is 0.333 e. The number of anilines is 1. The molecule has 4 amide bonds. The third-order valence-electron chi connectivity index (χ3n) is 4.68. The van der Waals surface area contributed by atoms with Crippen molar-refractivity contribution < 1.29 is 27.4 Å². The molecular formula is C20H21N3O6S2. The molecule has 31 heavy (non-hydrogen) atoms. The average Bonchev–Trinajstić information content (AvgIpc) is 3.07. The van der Waals surface area contributed by atoms with E-state index in [2.05, 4.69) is 0 Å². The molecule has 0 bridgehead atoms. The van der Waals surface area contributed by atoms with E-state index >= 15 is 0 Å². The Kier molecular flexibility index (Phi) is 6.68. The Bertz CT molecular complexity index is 1100. The quantitative estimate of drug-likeness (QED) is 0.388. The van der Waals surface area contributed by atoms with E-state index in [1.54, 1.807) is 12.2 Å². The number of hydrogen-bond acceptors (Lipinski definition) is 7. The van der Waals surface area contributed by atoms with Crippen molar-refractivity contribution in [1.82, 2.24) is 9.80 Å². The van der Waals surface area contributed by atoms with E-state index in [4.69, 9.17) is 4.55 Å². The van der Waals surface area contributed by atoms with Crippen LogP contribution in [0, 0.1) is 0 Å². The number of urea groups is 1. The molecule has 3 rings (SSSR count). The van der Waals surface area contributed by atoms with Crippen LogP contribution in [0.15, 0.2) is 64.1 Å². The summed E-state index contributed by atoms with van der Waals surface area (Å²) in [5.41, 5.74) is 0.812. The van der Waals surface area contributed by atoms with E-state index in [-0.39, 0.29) is 17.7 Å². The molecule has 164 valence electrons. The van der Waals surface area contributed by atoms with Gasteiger partial charge in [0.05, 0.1) is 16.5 Å². The van der Waals surface area contributed by atoms with Crippen molar-refractivity contribution in [2.45, 2.75) is 11.3 Å². The molecule has 2 heterocycles. The number of likely N-dealkylation sites (N-methyl/N-ethyl adjacent to an activating group) is 2. The lowest BCUT2D eigenvalue weighted by Gasteiger charge is -2.28. The monoisotopic (exact) mass is 463 g/mol. The molecule has 1 saturated heterocycles. The average molecular weight is 464 g/mol. The molecule has 0 atom stereocenters. The first-order valence-corrected chi connectivity index (χ1v) is 11.7. The number of carbonyl (C=O) groups is 3. The second kappa shape index (κ2) is 9.08. The molecule has 0 spiro atoms. The fraction of sp³-hybridized carbons (Fsp3) is 0.250. The molecule has 1 aromatic carbocycles. The number of imide groups is 2. The normalized spacial score (nSPS) is 18.5. The molecule has 0 unspecified atom stereocenters. The lowest BCUT2D eigenvalue weighted by Crippen LogP contribution is -2.52. The number of thioether (sulfide) groups is 1. The summed E-state index contributed by atoms with van der Waals surface area (Å²) in [6.45, 7) is 0.388. The summed E-state index contributed by atoms with van der Waals surface area (Å²) >= 11 is 1.50. The minimum atomic E-state index is -4.04. The van der Waals surface area contributed by atoms with Gasteiger partial charge in [0.15, 0.2) is 0 Å². The van der Waals surface area contributed by atoms with Gasteiger partial charge in [-0.1, -0.05) is 36.0 Å². The second-order valence-electron chi connectivity index (χ2n) is 6.84. The van der Waals surface area contributed by atoms with Crippen LogP contribution in [0.25, 0.3) is 0 Å². The molecule has 2 aliphatic heterocycles. The standard InChI is InChI=1S/C20H21N3O6S2/c1-21-18(24)14(19(25)22(2)20(21)26)8-3-6-11-17-23(12-7-13-31(27,28)29)15-9-4-5-10-16(15)30-17/h3-6,8-11H,7,12-13H2,1-2H3,(H,27,28,29)/b6-3+,17-11-. The van der Waals surface area contributed by atoms with Crippen molar-refractivity contribution >= 4 is 45.4 Å². The van der Waals surface area contributed by atoms with Gasteiger partial charge in [-0.15, -0.1) is 0 Å². The molecule has 0 saturated carbocycles. The highest BCUT2D eigenvalue weighted by Crippen LogP contribution is 2.45. The fourth-order valence-electron chi connectivity index (χ4n) is 3.10. The first kappa shape index (κ1) is 22.8. The molecule has 0 aromatic heterocycles. The Morgan fingerprint density at radius 3 is 2.26 bits per heavy atom. The third kappa shape index (κ3) is 5.06. The van der Waals surface area contributed by atoms with Crippen LogP contribution < -0.4 is 4.90 Å². The first-order chi connectivity index (χ1) is 14.6. The summed E-state index contributed by atoms with van der Waals surface area (Å²) in [5, 5.41) is 0.830. The number of amides is 4. The summed E-state index contributed by atoms with van der Waals surface area (Å²) in [5.74, 6) is -1.67. The fourth-order valence-corrected chi connectivity index (χ4v) is 4.69. The van der Waals surface area contributed by atoms with Crippen molar-refractivity contribution in [2.24, 2.45) is 0 Å². The van der Waals surface area contributed by atoms with Crippen LogP contribution >= 0.6 is 11.8 Å². The van der Waals surface area contributed by atoms with Gasteiger partial charge in [-0.2, -0.15) is 8.42 Å². The molecule has 2 aliphatic rings. The van der Waals surface area contributed by atoms with E-state index in [0.29, 0.717) is 6.54 Å². The van der Waals surface area contributed by atoms with Gasteiger partial charge < -0.3 is 4.90 Å². The number of hydrogen-bond donors (Lipinski definition) is 1. The Morgan fingerprint density at radius 1 is 1.00 bits per heavy atom. The Morgan fingerprint density at radius 2 is 1.61 bits per heavy atom. The van der Waals surface area contributed by atoms with E-state index in [0.717, 1.165) is 25.4 Å². The molecule has 1 aromatic rings. The van der Waals surface area contributed by atoms with Crippen molar-refractivity contribution in [3.05, 3.63) is 59.2 Å². The lowest BCUT2D eigenvalue weighted by atomic mass is 10.1. The van der Waals surface area contributed by atoms with Crippen molar-refractivity contribution in [2.75, 3.05) is 31.3 Å². The molecule has 1 N–H and O–H groups in total. The highest BCUT2D eigenvalue weighted by Gasteiger charge is 2.37. The second-order valence-corrected chi connectivity index (χ2v) is 9.48. The predicted molar refractivity (Wildman–Crippen MR) is 117 cm³/mol. The van der Waals surface area contributed by atoms with Gasteiger partial charge in [0.2, 0.25) is 0 Å². The minimum Gasteiger partial charge on any atom is -0.335 e. The summed E-state index contributed by atoms with van der Waals surface area (Å²) in [4.78, 5) is 40.9. The van der Waals surface area contributed by atoms with Crippen molar-refractivity contribution in [1.29, 1.82) is 0 Å². The molecule has 0 radical (unpaired) electrons. The number of carbonyl (C=O) groups excluding carboxylic acids is 3. The maximum atomic E-state index is 12.2. The molecular weight excluding hydrogens is 442 g/mol. The van der Waals surface area contributed by atoms with Crippen LogP contribution in [-0.4, -0.2) is 67.0 Å². The van der Waals surface area contributed by atoms with E-state index in [1.165, 1.54) is 38.0 Å². The summed E-state index contributed by atoms with van der Waals surface area (Å²) < 4.78 is 31.0. The van der Waals surface area contributed by atoms with Crippen LogP contribution in [0.5, 0.6) is 0 Å². The topological polar surface area (TPSA) is 115 Å². The number of barbiturate groups is 1.